The first-order valence-electron chi connectivity index (χ1n) is 11.1. The van der Waals surface area contributed by atoms with Crippen LogP contribution in [0, 0.1) is 11.8 Å². The average molecular weight is 393 g/mol. The number of carbonyl (C=O) groups excluding carboxylic acids is 3. The quantitative estimate of drug-likeness (QED) is 0.704. The molecule has 1 heterocycles. The lowest BCUT2D eigenvalue weighted by Gasteiger charge is -2.39. The molecule has 28 heavy (non-hydrogen) atoms. The van der Waals surface area contributed by atoms with Crippen molar-refractivity contribution in [2.45, 2.75) is 95.7 Å². The van der Waals surface area contributed by atoms with Gasteiger partial charge in [0.1, 0.15) is 5.54 Å². The minimum atomic E-state index is -0.760. The maximum atomic E-state index is 13.7. The molecule has 0 aromatic heterocycles. The number of hydrogen-bond donors (Lipinski definition) is 1. The van der Waals surface area contributed by atoms with Crippen molar-refractivity contribution in [3.05, 3.63) is 0 Å². The van der Waals surface area contributed by atoms with Gasteiger partial charge in [-0.15, -0.1) is 0 Å². The maximum Gasteiger partial charge on any atom is 0.326 e. The monoisotopic (exact) mass is 392 g/mol. The summed E-state index contributed by atoms with van der Waals surface area (Å²) in [4.78, 5) is 40.4. The van der Waals surface area contributed by atoms with Crippen molar-refractivity contribution in [3.63, 3.8) is 0 Å². The lowest BCUT2D eigenvalue weighted by molar-refractivity contribution is -0.151. The van der Waals surface area contributed by atoms with E-state index in [0.29, 0.717) is 19.4 Å². The van der Waals surface area contributed by atoms with Crippen LogP contribution in [0.25, 0.3) is 0 Å². The van der Waals surface area contributed by atoms with Gasteiger partial charge in [0, 0.05) is 6.54 Å². The fourth-order valence-corrected chi connectivity index (χ4v) is 5.72. The van der Waals surface area contributed by atoms with Gasteiger partial charge >= 0.3 is 5.97 Å². The molecular formula is C22H36N2O4. The zero-order valence-corrected chi connectivity index (χ0v) is 17.7. The highest BCUT2D eigenvalue weighted by Gasteiger charge is 2.49. The Kier molecular flexibility index (Phi) is 6.79. The summed E-state index contributed by atoms with van der Waals surface area (Å²) >= 11 is 0. The van der Waals surface area contributed by atoms with Crippen molar-refractivity contribution in [2.75, 3.05) is 13.7 Å². The SMILES string of the molecule is COC(=O)C1(NC(C(=O)N2CC[C@H](C)C2C(C)=O)C2CCCCC2)CCCC1. The fraction of sp³-hybridized carbons (Fsp3) is 0.864. The van der Waals surface area contributed by atoms with Gasteiger partial charge in [-0.3, -0.25) is 19.7 Å². The Hall–Kier alpha value is -1.43. The maximum absolute atomic E-state index is 13.7. The van der Waals surface area contributed by atoms with Crippen LogP contribution in [-0.4, -0.2) is 53.8 Å². The third-order valence-electron chi connectivity index (χ3n) is 7.25. The van der Waals surface area contributed by atoms with E-state index in [0.717, 1.165) is 44.9 Å². The highest BCUT2D eigenvalue weighted by molar-refractivity contribution is 5.91. The molecule has 3 rings (SSSR count). The van der Waals surface area contributed by atoms with Gasteiger partial charge < -0.3 is 9.64 Å². The molecule has 2 saturated carbocycles. The number of nitrogens with zero attached hydrogens (tertiary/aromatic N) is 1. The molecule has 0 aromatic rings. The van der Waals surface area contributed by atoms with Crippen LogP contribution in [-0.2, 0) is 19.1 Å². The molecular weight excluding hydrogens is 356 g/mol. The van der Waals surface area contributed by atoms with E-state index in [9.17, 15) is 14.4 Å². The summed E-state index contributed by atoms with van der Waals surface area (Å²) in [5, 5.41) is 3.52. The van der Waals surface area contributed by atoms with Crippen molar-refractivity contribution in [2.24, 2.45) is 11.8 Å². The van der Waals surface area contributed by atoms with E-state index < -0.39 is 11.6 Å². The molecule has 0 aromatic carbocycles. The lowest BCUT2D eigenvalue weighted by atomic mass is 9.81. The predicted octanol–water partition coefficient (Wildman–Crippen LogP) is 2.84. The number of amides is 1. The molecule has 6 nitrogen and oxygen atoms in total. The summed E-state index contributed by atoms with van der Waals surface area (Å²) in [7, 11) is 1.43. The Labute approximate surface area is 168 Å². The molecule has 6 heteroatoms. The molecule has 0 spiro atoms. The van der Waals surface area contributed by atoms with Gasteiger partial charge in [0.15, 0.2) is 5.78 Å². The Morgan fingerprint density at radius 2 is 1.68 bits per heavy atom. The van der Waals surface area contributed by atoms with Gasteiger partial charge in [0.25, 0.3) is 0 Å². The average Bonchev–Trinajstić information content (AvgIpc) is 3.33. The van der Waals surface area contributed by atoms with Gasteiger partial charge in [-0.05, 0) is 50.9 Å². The highest BCUT2D eigenvalue weighted by atomic mass is 16.5. The minimum Gasteiger partial charge on any atom is -0.468 e. The molecule has 1 amide bonds. The molecule has 3 aliphatic rings. The van der Waals surface area contributed by atoms with Crippen molar-refractivity contribution in [1.29, 1.82) is 0 Å². The van der Waals surface area contributed by atoms with Crippen molar-refractivity contribution < 1.29 is 19.1 Å². The van der Waals surface area contributed by atoms with Crippen LogP contribution in [0.2, 0.25) is 0 Å². The van der Waals surface area contributed by atoms with Gasteiger partial charge in [-0.1, -0.05) is 39.0 Å². The number of methoxy groups -OCH3 is 1. The van der Waals surface area contributed by atoms with Crippen LogP contribution in [0.5, 0.6) is 0 Å². The molecule has 2 unspecified atom stereocenters. The van der Waals surface area contributed by atoms with E-state index in [-0.39, 0.29) is 35.5 Å². The Bertz CT molecular complexity index is 593. The van der Waals surface area contributed by atoms with Gasteiger partial charge in [-0.2, -0.15) is 0 Å². The van der Waals surface area contributed by atoms with Crippen LogP contribution < -0.4 is 5.32 Å². The topological polar surface area (TPSA) is 75.7 Å². The predicted molar refractivity (Wildman–Crippen MR) is 107 cm³/mol. The first kappa shape index (κ1) is 21.3. The number of likely N-dealkylation sites (tertiary alicyclic amines) is 1. The standard InChI is InChI=1S/C22H36N2O4/c1-15-11-14-24(19(15)16(2)25)20(26)18(17-9-5-4-6-10-17)23-22(21(27)28-3)12-7-8-13-22/h15,17-19,23H,4-14H2,1-3H3/t15-,18?,19?/m0/s1. The van der Waals surface area contributed by atoms with Crippen LogP contribution in [0.4, 0.5) is 0 Å². The van der Waals surface area contributed by atoms with E-state index in [1.165, 1.54) is 13.5 Å². The summed E-state index contributed by atoms with van der Waals surface area (Å²) in [5.41, 5.74) is -0.760. The van der Waals surface area contributed by atoms with E-state index in [4.69, 9.17) is 4.74 Å². The Morgan fingerprint density at radius 3 is 2.25 bits per heavy atom. The molecule has 1 saturated heterocycles. The smallest absolute Gasteiger partial charge is 0.326 e. The summed E-state index contributed by atoms with van der Waals surface area (Å²) in [6, 6.07) is -0.748. The van der Waals surface area contributed by atoms with Gasteiger partial charge in [-0.25, -0.2) is 0 Å². The molecule has 1 aliphatic heterocycles. The number of rotatable bonds is 6. The number of carbonyl (C=O) groups is 3. The van der Waals surface area contributed by atoms with Crippen LogP contribution >= 0.6 is 0 Å². The second kappa shape index (κ2) is 8.93. The zero-order chi connectivity index (χ0) is 20.3. The first-order valence-corrected chi connectivity index (χ1v) is 11.1. The molecule has 1 N–H and O–H groups in total. The molecule has 2 aliphatic carbocycles. The number of esters is 1. The number of ether oxygens (including phenoxy) is 1. The number of nitrogens with one attached hydrogen (secondary N) is 1. The summed E-state index contributed by atoms with van der Waals surface area (Å²) < 4.78 is 5.13. The summed E-state index contributed by atoms with van der Waals surface area (Å²) in [6.45, 7) is 4.26. The third-order valence-corrected chi connectivity index (χ3v) is 7.25. The number of hydrogen-bond acceptors (Lipinski definition) is 5. The van der Waals surface area contributed by atoms with Crippen molar-refractivity contribution in [1.82, 2.24) is 10.2 Å². The van der Waals surface area contributed by atoms with E-state index >= 15 is 0 Å². The molecule has 0 bridgehead atoms. The third kappa shape index (κ3) is 4.12. The van der Waals surface area contributed by atoms with Crippen LogP contribution in [0.1, 0.15) is 78.1 Å². The lowest BCUT2D eigenvalue weighted by Crippen LogP contribution is -2.62. The minimum absolute atomic E-state index is 0.00614. The fourth-order valence-electron chi connectivity index (χ4n) is 5.72. The first-order chi connectivity index (χ1) is 13.4. The van der Waals surface area contributed by atoms with Crippen LogP contribution in [0.3, 0.4) is 0 Å². The summed E-state index contributed by atoms with van der Waals surface area (Å²) in [6.07, 6.45) is 9.64. The van der Waals surface area contributed by atoms with E-state index in [1.54, 1.807) is 11.8 Å². The van der Waals surface area contributed by atoms with Gasteiger partial charge in [0.05, 0.1) is 19.2 Å². The largest absolute Gasteiger partial charge is 0.468 e. The second-order valence-electron chi connectivity index (χ2n) is 9.15. The van der Waals surface area contributed by atoms with Gasteiger partial charge in [0.2, 0.25) is 5.91 Å². The Morgan fingerprint density at radius 1 is 1.04 bits per heavy atom. The molecule has 0 radical (unpaired) electrons. The van der Waals surface area contributed by atoms with E-state index in [2.05, 4.69) is 12.2 Å². The van der Waals surface area contributed by atoms with Crippen molar-refractivity contribution in [3.8, 4) is 0 Å². The van der Waals surface area contributed by atoms with Crippen molar-refractivity contribution >= 4 is 17.7 Å². The molecule has 3 atom stereocenters. The summed E-state index contributed by atoms with van der Waals surface area (Å²) in [5.74, 6) is 0.217. The molecule has 3 fully saturated rings. The highest BCUT2D eigenvalue weighted by Crippen LogP contribution is 2.36. The Balaban J connectivity index is 1.87. The van der Waals surface area contributed by atoms with E-state index in [1.807, 2.05) is 0 Å². The van der Waals surface area contributed by atoms with Crippen LogP contribution in [0.15, 0.2) is 0 Å². The zero-order valence-electron chi connectivity index (χ0n) is 17.7. The second-order valence-corrected chi connectivity index (χ2v) is 9.15. The molecule has 158 valence electrons. The normalized spacial score (nSPS) is 28.9. The number of ketones is 1. The number of Topliss-reactive ketones (excluding diaryl/α,β-unsaturated/α-hetero) is 1.